The van der Waals surface area contributed by atoms with E-state index in [-0.39, 0.29) is 24.7 Å². The van der Waals surface area contributed by atoms with Crippen LogP contribution in [0.4, 0.5) is 0 Å². The van der Waals surface area contributed by atoms with E-state index in [1.165, 1.54) is 0 Å². The molecule has 0 radical (unpaired) electrons. The Labute approximate surface area is 134 Å². The van der Waals surface area contributed by atoms with Crippen LogP contribution < -0.4 is 0 Å². The number of hydrogen-bond donors (Lipinski definition) is 1. The molecule has 2 aliphatic carbocycles. The maximum absolute atomic E-state index is 12.6. The maximum atomic E-state index is 12.6. The molecule has 4 heteroatoms. The van der Waals surface area contributed by atoms with Crippen molar-refractivity contribution in [2.45, 2.75) is 31.3 Å². The minimum atomic E-state index is -1.18. The smallest absolute Gasteiger partial charge is 0.317 e. The largest absolute Gasteiger partial charge is 0.465 e. The fourth-order valence-electron chi connectivity index (χ4n) is 4.27. The summed E-state index contributed by atoms with van der Waals surface area (Å²) in [5, 5.41) is 13.1. The van der Waals surface area contributed by atoms with Gasteiger partial charge in [0.15, 0.2) is 5.78 Å². The summed E-state index contributed by atoms with van der Waals surface area (Å²) >= 11 is 0. The van der Waals surface area contributed by atoms with E-state index in [1.807, 2.05) is 36.4 Å². The van der Waals surface area contributed by atoms with Gasteiger partial charge in [0, 0.05) is 12.3 Å². The van der Waals surface area contributed by atoms with Crippen LogP contribution in [0, 0.1) is 5.92 Å². The molecule has 0 spiro atoms. The first-order chi connectivity index (χ1) is 11.0. The van der Waals surface area contributed by atoms with Gasteiger partial charge in [0.2, 0.25) is 0 Å². The highest BCUT2D eigenvalue weighted by atomic mass is 16.5. The molecule has 118 valence electrons. The van der Waals surface area contributed by atoms with Gasteiger partial charge in [0.25, 0.3) is 0 Å². The zero-order chi connectivity index (χ0) is 16.2. The molecule has 3 unspecified atom stereocenters. The van der Waals surface area contributed by atoms with Gasteiger partial charge in [-0.3, -0.25) is 9.59 Å². The van der Waals surface area contributed by atoms with Crippen molar-refractivity contribution in [3.63, 3.8) is 0 Å². The predicted octanol–water partition coefficient (Wildman–Crippen LogP) is 2.67. The number of ether oxygens (including phenoxy) is 1. The maximum Gasteiger partial charge on any atom is 0.317 e. The standard InChI is InChI=1S/C19H18O4/c1-2-23-18(21)17-13-9-19(22,10-15(17)20)14-8-4-6-11-5-3-7-12(13)16(11)14/h3-8,13,17,22H,2,9-10H2,1H3. The van der Waals surface area contributed by atoms with Crippen LogP contribution in [0.5, 0.6) is 0 Å². The van der Waals surface area contributed by atoms with Crippen molar-refractivity contribution < 1.29 is 19.4 Å². The van der Waals surface area contributed by atoms with Gasteiger partial charge in [-0.2, -0.15) is 0 Å². The van der Waals surface area contributed by atoms with Crippen molar-refractivity contribution in [3.05, 3.63) is 47.5 Å². The lowest BCUT2D eigenvalue weighted by Crippen LogP contribution is -2.47. The monoisotopic (exact) mass is 310 g/mol. The van der Waals surface area contributed by atoms with Crippen LogP contribution in [-0.2, 0) is 19.9 Å². The number of carbonyl (C=O) groups is 2. The number of carbonyl (C=O) groups excluding carboxylic acids is 2. The molecule has 0 aromatic heterocycles. The number of aliphatic hydroxyl groups is 1. The van der Waals surface area contributed by atoms with Crippen LogP contribution >= 0.6 is 0 Å². The van der Waals surface area contributed by atoms with Crippen LogP contribution in [0.1, 0.15) is 36.8 Å². The first kappa shape index (κ1) is 14.4. The van der Waals surface area contributed by atoms with Gasteiger partial charge in [-0.1, -0.05) is 36.4 Å². The van der Waals surface area contributed by atoms with Crippen molar-refractivity contribution in [1.82, 2.24) is 0 Å². The Bertz CT molecular complexity index is 820. The lowest BCUT2D eigenvalue weighted by atomic mass is 9.61. The van der Waals surface area contributed by atoms with Crippen molar-refractivity contribution in [1.29, 1.82) is 0 Å². The van der Waals surface area contributed by atoms with E-state index in [0.717, 1.165) is 21.9 Å². The van der Waals surface area contributed by atoms with E-state index in [0.29, 0.717) is 6.42 Å². The molecule has 1 saturated carbocycles. The Kier molecular flexibility index (Phi) is 3.07. The molecule has 1 fully saturated rings. The van der Waals surface area contributed by atoms with Gasteiger partial charge in [0.1, 0.15) is 5.92 Å². The molecule has 0 aliphatic heterocycles. The normalized spacial score (nSPS) is 28.7. The molecule has 2 bridgehead atoms. The van der Waals surface area contributed by atoms with Gasteiger partial charge in [-0.05, 0) is 35.2 Å². The van der Waals surface area contributed by atoms with E-state index >= 15 is 0 Å². The molecular weight excluding hydrogens is 292 g/mol. The van der Waals surface area contributed by atoms with E-state index in [4.69, 9.17) is 4.74 Å². The summed E-state index contributed by atoms with van der Waals surface area (Å²) in [6.07, 6.45) is 0.360. The zero-order valence-corrected chi connectivity index (χ0v) is 12.9. The molecule has 0 amide bonds. The van der Waals surface area contributed by atoms with E-state index in [1.54, 1.807) is 6.92 Å². The Morgan fingerprint density at radius 1 is 1.30 bits per heavy atom. The minimum Gasteiger partial charge on any atom is -0.465 e. The number of fused-ring (bicyclic) bond motifs is 4. The Morgan fingerprint density at radius 2 is 2.04 bits per heavy atom. The molecular formula is C19H18O4. The molecule has 3 atom stereocenters. The van der Waals surface area contributed by atoms with Crippen molar-refractivity contribution in [2.24, 2.45) is 5.92 Å². The second kappa shape index (κ2) is 4.90. The van der Waals surface area contributed by atoms with Gasteiger partial charge >= 0.3 is 5.97 Å². The first-order valence-corrected chi connectivity index (χ1v) is 7.99. The zero-order valence-electron chi connectivity index (χ0n) is 12.9. The van der Waals surface area contributed by atoms with Gasteiger partial charge in [0.05, 0.1) is 12.2 Å². The lowest BCUT2D eigenvalue weighted by molar-refractivity contribution is -0.158. The molecule has 2 aromatic rings. The summed E-state index contributed by atoms with van der Waals surface area (Å²) in [5.74, 6) is -1.83. The molecule has 2 aliphatic rings. The number of Topliss-reactive ketones (excluding diaryl/α,β-unsaturated/α-hetero) is 1. The van der Waals surface area contributed by atoms with Crippen molar-refractivity contribution in [2.75, 3.05) is 6.61 Å². The number of rotatable bonds is 2. The first-order valence-electron chi connectivity index (χ1n) is 7.99. The fraction of sp³-hybridized carbons (Fsp3) is 0.368. The third-order valence-electron chi connectivity index (χ3n) is 5.15. The molecule has 2 aromatic carbocycles. The number of benzene rings is 2. The second-order valence-corrected chi connectivity index (χ2v) is 6.47. The molecule has 23 heavy (non-hydrogen) atoms. The summed E-state index contributed by atoms with van der Waals surface area (Å²) in [7, 11) is 0. The summed E-state index contributed by atoms with van der Waals surface area (Å²) in [6, 6.07) is 11.7. The lowest BCUT2D eigenvalue weighted by Gasteiger charge is -2.44. The average Bonchev–Trinajstić information content (AvgIpc) is 2.52. The average molecular weight is 310 g/mol. The molecule has 4 rings (SSSR count). The molecule has 1 N–H and O–H groups in total. The molecule has 0 heterocycles. The third kappa shape index (κ3) is 1.94. The van der Waals surface area contributed by atoms with Gasteiger partial charge < -0.3 is 9.84 Å². The highest BCUT2D eigenvalue weighted by Gasteiger charge is 2.52. The fourth-order valence-corrected chi connectivity index (χ4v) is 4.27. The second-order valence-electron chi connectivity index (χ2n) is 6.47. The predicted molar refractivity (Wildman–Crippen MR) is 84.9 cm³/mol. The minimum absolute atomic E-state index is 0.0274. The number of esters is 1. The highest BCUT2D eigenvalue weighted by molar-refractivity contribution is 6.04. The summed E-state index contributed by atoms with van der Waals surface area (Å²) in [4.78, 5) is 24.9. The summed E-state index contributed by atoms with van der Waals surface area (Å²) in [6.45, 7) is 1.98. The van der Waals surface area contributed by atoms with E-state index in [9.17, 15) is 14.7 Å². The quantitative estimate of drug-likeness (QED) is 0.684. The van der Waals surface area contributed by atoms with Crippen LogP contribution in [0.25, 0.3) is 10.8 Å². The summed E-state index contributed by atoms with van der Waals surface area (Å²) < 4.78 is 5.12. The SMILES string of the molecule is CCOC(=O)C1C(=O)CC2(O)CC1c1cccc3cccc2c13. The number of hydrogen-bond acceptors (Lipinski definition) is 4. The molecule has 0 saturated heterocycles. The van der Waals surface area contributed by atoms with Crippen LogP contribution in [0.2, 0.25) is 0 Å². The Balaban J connectivity index is 1.96. The van der Waals surface area contributed by atoms with E-state index in [2.05, 4.69) is 0 Å². The Hall–Kier alpha value is -2.20. The van der Waals surface area contributed by atoms with Crippen LogP contribution in [0.3, 0.4) is 0 Å². The van der Waals surface area contributed by atoms with Crippen LogP contribution in [0.15, 0.2) is 36.4 Å². The van der Waals surface area contributed by atoms with Gasteiger partial charge in [-0.15, -0.1) is 0 Å². The highest BCUT2D eigenvalue weighted by Crippen LogP contribution is 2.53. The molecule has 4 nitrogen and oxygen atoms in total. The van der Waals surface area contributed by atoms with Crippen LogP contribution in [-0.4, -0.2) is 23.5 Å². The van der Waals surface area contributed by atoms with Crippen molar-refractivity contribution in [3.8, 4) is 0 Å². The van der Waals surface area contributed by atoms with Gasteiger partial charge in [-0.25, -0.2) is 0 Å². The van der Waals surface area contributed by atoms with E-state index < -0.39 is 17.5 Å². The van der Waals surface area contributed by atoms with Crippen molar-refractivity contribution >= 4 is 22.5 Å². The summed E-state index contributed by atoms with van der Waals surface area (Å²) in [5.41, 5.74) is 0.588. The number of ketones is 1. The third-order valence-corrected chi connectivity index (χ3v) is 5.15. The topological polar surface area (TPSA) is 63.6 Å². The Morgan fingerprint density at radius 3 is 2.78 bits per heavy atom.